The van der Waals surface area contributed by atoms with E-state index in [0.29, 0.717) is 5.76 Å². The molecule has 0 saturated heterocycles. The molecule has 2 heteroatoms. The van der Waals surface area contributed by atoms with Gasteiger partial charge in [0.1, 0.15) is 0 Å². The zero-order chi connectivity index (χ0) is 7.98. The van der Waals surface area contributed by atoms with Gasteiger partial charge in [-0.3, -0.25) is 0 Å². The molecule has 0 amide bonds. The van der Waals surface area contributed by atoms with Gasteiger partial charge in [-0.15, -0.1) is 0 Å². The van der Waals surface area contributed by atoms with Gasteiger partial charge in [0.25, 0.3) is 0 Å². The van der Waals surface area contributed by atoms with Gasteiger partial charge in [-0.05, 0) is 26.5 Å². The van der Waals surface area contributed by atoms with Crippen LogP contribution in [-0.2, 0) is 0 Å². The van der Waals surface area contributed by atoms with E-state index in [1.54, 1.807) is 6.08 Å². The first-order valence-electron chi connectivity index (χ1n) is 3.42. The third-order valence-corrected chi connectivity index (χ3v) is 1.34. The van der Waals surface area contributed by atoms with Gasteiger partial charge in [0.15, 0.2) is 0 Å². The van der Waals surface area contributed by atoms with Crippen LogP contribution in [0.3, 0.4) is 0 Å². The Morgan fingerprint density at radius 3 is 2.20 bits per heavy atom. The molecule has 0 bridgehead atoms. The number of aliphatic hydroxyl groups is 1. The molecule has 0 spiro atoms. The molecule has 0 aromatic carbocycles. The third-order valence-electron chi connectivity index (χ3n) is 1.34. The number of hydrogen-bond donors (Lipinski definition) is 2. The van der Waals surface area contributed by atoms with E-state index in [1.165, 1.54) is 12.6 Å². The lowest BCUT2D eigenvalue weighted by atomic mass is 10.1. The predicted molar refractivity (Wildman–Crippen MR) is 43.8 cm³/mol. The molecule has 3 N–H and O–H groups in total. The van der Waals surface area contributed by atoms with E-state index in [9.17, 15) is 0 Å². The van der Waals surface area contributed by atoms with E-state index in [-0.39, 0.29) is 0 Å². The van der Waals surface area contributed by atoms with Crippen LogP contribution in [0.2, 0.25) is 0 Å². The number of aliphatic hydroxyl groups excluding tert-OH is 1. The maximum absolute atomic E-state index is 8.84. The van der Waals surface area contributed by atoms with Crippen molar-refractivity contribution in [2.45, 2.75) is 19.8 Å². The molecule has 0 atom stereocenters. The minimum atomic E-state index is 0.510. The monoisotopic (exact) mass is 141 g/mol. The second kappa shape index (κ2) is 5.06. The molecule has 2 nitrogen and oxygen atoms in total. The molecule has 0 saturated carbocycles. The molecule has 1 aliphatic carbocycles. The molecule has 0 fully saturated rings. The summed E-state index contributed by atoms with van der Waals surface area (Å²) in [7, 11) is 1.50. The van der Waals surface area contributed by atoms with Gasteiger partial charge in [0.05, 0.1) is 5.76 Å². The van der Waals surface area contributed by atoms with Crippen LogP contribution in [0, 0.1) is 0 Å². The van der Waals surface area contributed by atoms with Gasteiger partial charge in [-0.25, -0.2) is 0 Å². The Bertz CT molecular complexity index is 129. The number of hydrogen-bond acceptors (Lipinski definition) is 2. The van der Waals surface area contributed by atoms with Gasteiger partial charge in [0.2, 0.25) is 0 Å². The fraction of sp³-hybridized carbons (Fsp3) is 0.500. The molecule has 1 rings (SSSR count). The molecule has 0 radical (unpaired) electrons. The highest BCUT2D eigenvalue weighted by molar-refractivity contribution is 5.18. The Balaban J connectivity index is 0.000000371. The van der Waals surface area contributed by atoms with E-state index >= 15 is 0 Å². The second-order valence-corrected chi connectivity index (χ2v) is 2.17. The quantitative estimate of drug-likeness (QED) is 0.539. The third kappa shape index (κ3) is 3.30. The van der Waals surface area contributed by atoms with Crippen LogP contribution in [0.15, 0.2) is 23.5 Å². The molecule has 0 aliphatic heterocycles. The molecular formula is C8H15NO. The van der Waals surface area contributed by atoms with Crippen molar-refractivity contribution in [2.24, 2.45) is 5.73 Å². The summed E-state index contributed by atoms with van der Waals surface area (Å²) in [5.41, 5.74) is 5.85. The first-order valence-corrected chi connectivity index (χ1v) is 3.42. The van der Waals surface area contributed by atoms with Crippen LogP contribution >= 0.6 is 0 Å². The highest BCUT2D eigenvalue weighted by Gasteiger charge is 1.98. The Labute approximate surface area is 62.0 Å². The van der Waals surface area contributed by atoms with Gasteiger partial charge in [-0.1, -0.05) is 11.6 Å². The maximum Gasteiger partial charge on any atom is 0.0925 e. The zero-order valence-electron chi connectivity index (χ0n) is 6.59. The Morgan fingerprint density at radius 2 is 1.90 bits per heavy atom. The molecule has 0 unspecified atom stereocenters. The number of allylic oxidation sites excluding steroid dienone is 4. The van der Waals surface area contributed by atoms with Crippen LogP contribution in [0.25, 0.3) is 0 Å². The topological polar surface area (TPSA) is 46.2 Å². The summed E-state index contributed by atoms with van der Waals surface area (Å²) in [5, 5.41) is 8.84. The summed E-state index contributed by atoms with van der Waals surface area (Å²) < 4.78 is 0. The molecule has 58 valence electrons. The summed E-state index contributed by atoms with van der Waals surface area (Å²) in [5.74, 6) is 0.510. The van der Waals surface area contributed by atoms with Gasteiger partial charge >= 0.3 is 0 Å². The smallest absolute Gasteiger partial charge is 0.0925 e. The minimum absolute atomic E-state index is 0.510. The van der Waals surface area contributed by atoms with Crippen molar-refractivity contribution < 1.29 is 5.11 Å². The molecular weight excluding hydrogens is 126 g/mol. The number of rotatable bonds is 0. The van der Waals surface area contributed by atoms with E-state index in [1.807, 2.05) is 6.08 Å². The first-order chi connectivity index (χ1) is 4.79. The highest BCUT2D eigenvalue weighted by Crippen LogP contribution is 2.14. The lowest BCUT2D eigenvalue weighted by Crippen LogP contribution is -1.88. The highest BCUT2D eigenvalue weighted by atomic mass is 16.3. The lowest BCUT2D eigenvalue weighted by Gasteiger charge is -2.04. The second-order valence-electron chi connectivity index (χ2n) is 2.17. The number of nitrogens with two attached hydrogens (primary N) is 1. The standard InChI is InChI=1S/C7H10O.CH5N/c1-6-2-4-7(8)5-3-6;1-2/h2,4,8H,3,5H2,1H3;2H2,1H3. The normalized spacial score (nSPS) is 16.3. The summed E-state index contributed by atoms with van der Waals surface area (Å²) in [4.78, 5) is 0. The van der Waals surface area contributed by atoms with Gasteiger partial charge < -0.3 is 10.8 Å². The minimum Gasteiger partial charge on any atom is -0.512 e. The van der Waals surface area contributed by atoms with Crippen LogP contribution in [-0.4, -0.2) is 12.2 Å². The summed E-state index contributed by atoms with van der Waals surface area (Å²) >= 11 is 0. The SMILES string of the molecule is CC1=CC=C(O)CC1.CN. The molecule has 10 heavy (non-hydrogen) atoms. The largest absolute Gasteiger partial charge is 0.512 e. The summed E-state index contributed by atoms with van der Waals surface area (Å²) in [6, 6.07) is 0. The average molecular weight is 141 g/mol. The van der Waals surface area contributed by atoms with Crippen LogP contribution < -0.4 is 5.73 Å². The van der Waals surface area contributed by atoms with Crippen molar-refractivity contribution in [1.29, 1.82) is 0 Å². The van der Waals surface area contributed by atoms with Crippen LogP contribution in [0.4, 0.5) is 0 Å². The van der Waals surface area contributed by atoms with Gasteiger partial charge in [-0.2, -0.15) is 0 Å². The summed E-state index contributed by atoms with van der Waals surface area (Å²) in [6.07, 6.45) is 5.56. The fourth-order valence-corrected chi connectivity index (χ4v) is 0.730. The Hall–Kier alpha value is -0.760. The summed E-state index contributed by atoms with van der Waals surface area (Å²) in [6.45, 7) is 2.07. The van der Waals surface area contributed by atoms with Crippen molar-refractivity contribution >= 4 is 0 Å². The van der Waals surface area contributed by atoms with Crippen molar-refractivity contribution in [1.82, 2.24) is 0 Å². The average Bonchev–Trinajstić information content (AvgIpc) is 2.00. The van der Waals surface area contributed by atoms with Crippen molar-refractivity contribution in [3.05, 3.63) is 23.5 Å². The van der Waals surface area contributed by atoms with E-state index in [0.717, 1.165) is 12.8 Å². The van der Waals surface area contributed by atoms with Crippen molar-refractivity contribution in [3.63, 3.8) is 0 Å². The van der Waals surface area contributed by atoms with E-state index in [2.05, 4.69) is 12.7 Å². The van der Waals surface area contributed by atoms with Gasteiger partial charge in [0, 0.05) is 6.42 Å². The van der Waals surface area contributed by atoms with Crippen molar-refractivity contribution in [3.8, 4) is 0 Å². The molecule has 1 aliphatic rings. The Kier molecular flexibility index (Phi) is 4.67. The zero-order valence-corrected chi connectivity index (χ0v) is 6.59. The van der Waals surface area contributed by atoms with Crippen molar-refractivity contribution in [2.75, 3.05) is 7.05 Å². The lowest BCUT2D eigenvalue weighted by molar-refractivity contribution is 0.386. The fourth-order valence-electron chi connectivity index (χ4n) is 0.730. The predicted octanol–water partition coefficient (Wildman–Crippen LogP) is 1.74. The first kappa shape index (κ1) is 9.24. The van der Waals surface area contributed by atoms with Crippen LogP contribution in [0.5, 0.6) is 0 Å². The molecule has 0 heterocycles. The van der Waals surface area contributed by atoms with E-state index in [4.69, 9.17) is 5.11 Å². The van der Waals surface area contributed by atoms with E-state index < -0.39 is 0 Å². The molecule has 0 aromatic rings. The van der Waals surface area contributed by atoms with Crippen LogP contribution in [0.1, 0.15) is 19.8 Å². The Morgan fingerprint density at radius 1 is 1.30 bits per heavy atom. The molecule has 0 aromatic heterocycles. The maximum atomic E-state index is 8.84.